The molecule has 30 heavy (non-hydrogen) atoms. The molecule has 0 fully saturated rings. The third kappa shape index (κ3) is 7.69. The second kappa shape index (κ2) is 10.5. The highest BCUT2D eigenvalue weighted by atomic mass is 32.2. The lowest BCUT2D eigenvalue weighted by Crippen LogP contribution is -2.49. The number of urea groups is 1. The molecule has 1 rings (SSSR count). The van der Waals surface area contributed by atoms with E-state index in [-0.39, 0.29) is 17.6 Å². The molecule has 4 amide bonds. The lowest BCUT2D eigenvalue weighted by atomic mass is 9.96. The van der Waals surface area contributed by atoms with Crippen molar-refractivity contribution in [3.63, 3.8) is 0 Å². The van der Waals surface area contributed by atoms with Gasteiger partial charge in [0.05, 0.1) is 0 Å². The summed E-state index contributed by atoms with van der Waals surface area (Å²) in [4.78, 5) is 37.7. The number of nitrogens with zero attached hydrogens (tertiary/aromatic N) is 1. The second-order valence-electron chi connectivity index (χ2n) is 8.17. The first-order valence-electron chi connectivity index (χ1n) is 9.82. The predicted octanol–water partition coefficient (Wildman–Crippen LogP) is 1.82. The highest BCUT2D eigenvalue weighted by molar-refractivity contribution is 7.89. The summed E-state index contributed by atoms with van der Waals surface area (Å²) in [5.74, 6) is -1.53. The molecule has 0 aliphatic carbocycles. The first kappa shape index (κ1) is 25.5. The number of carbonyl (C=O) groups is 3. The number of unbranched alkanes of at least 4 members (excludes halogenated alkanes) is 1. The molecule has 170 valence electrons. The lowest BCUT2D eigenvalue weighted by Gasteiger charge is -2.28. The summed E-state index contributed by atoms with van der Waals surface area (Å²) >= 11 is 0. The molecular weight excluding hydrogens is 412 g/mol. The number of sulfonamides is 1. The van der Waals surface area contributed by atoms with E-state index in [1.165, 1.54) is 6.07 Å². The topological polar surface area (TPSA) is 152 Å². The van der Waals surface area contributed by atoms with Crippen molar-refractivity contribution in [1.29, 1.82) is 0 Å². The summed E-state index contributed by atoms with van der Waals surface area (Å²) in [6.07, 6.45) is 1.54. The Labute approximate surface area is 177 Å². The molecule has 1 heterocycles. The zero-order chi connectivity index (χ0) is 23.1. The average Bonchev–Trinajstić information content (AvgIpc) is 3.12. The maximum atomic E-state index is 12.7. The Hall–Kier alpha value is -2.56. The van der Waals surface area contributed by atoms with Gasteiger partial charge in [-0.2, -0.15) is 8.42 Å². The second-order valence-corrected chi connectivity index (χ2v) is 9.79. The summed E-state index contributed by atoms with van der Waals surface area (Å²) in [5.41, 5.74) is 4.91. The monoisotopic (exact) mass is 444 g/mol. The molecule has 0 aromatic carbocycles. The van der Waals surface area contributed by atoms with Gasteiger partial charge in [-0.3, -0.25) is 9.59 Å². The number of rotatable bonds is 10. The van der Waals surface area contributed by atoms with Crippen molar-refractivity contribution in [1.82, 2.24) is 14.9 Å². The maximum Gasteiger partial charge on any atom is 0.312 e. The Bertz CT molecular complexity index is 857. The van der Waals surface area contributed by atoms with Crippen molar-refractivity contribution in [3.05, 3.63) is 17.9 Å². The van der Waals surface area contributed by atoms with Gasteiger partial charge >= 0.3 is 6.03 Å². The standard InChI is InChI=1S/C19H32N4O6S/c1-6-8-9-13(21-18(20)26)16(24)22-30(27,28)15-11-10-14(29-15)17(25)23(7-2)12-19(3,4)5/h10-11,13H,6-9,12H2,1-5H3,(H,22,24)(H3,20,21,26). The van der Waals surface area contributed by atoms with Crippen LogP contribution in [-0.4, -0.2) is 50.3 Å². The van der Waals surface area contributed by atoms with Gasteiger partial charge in [0.1, 0.15) is 6.04 Å². The zero-order valence-electron chi connectivity index (χ0n) is 18.1. The van der Waals surface area contributed by atoms with Crippen molar-refractivity contribution in [3.8, 4) is 0 Å². The van der Waals surface area contributed by atoms with E-state index >= 15 is 0 Å². The van der Waals surface area contributed by atoms with Crippen LogP contribution in [-0.2, 0) is 14.8 Å². The lowest BCUT2D eigenvalue weighted by molar-refractivity contribution is -0.121. The molecule has 11 heteroatoms. The van der Waals surface area contributed by atoms with Crippen molar-refractivity contribution < 1.29 is 27.2 Å². The molecule has 0 bridgehead atoms. The number of hydrogen-bond acceptors (Lipinski definition) is 6. The van der Waals surface area contributed by atoms with Gasteiger partial charge in [0.2, 0.25) is 5.09 Å². The highest BCUT2D eigenvalue weighted by Gasteiger charge is 2.29. The Kier molecular flexibility index (Phi) is 8.89. The fraction of sp³-hybridized carbons (Fsp3) is 0.632. The summed E-state index contributed by atoms with van der Waals surface area (Å²) in [5, 5.41) is 1.66. The molecule has 1 atom stereocenters. The third-order valence-corrected chi connectivity index (χ3v) is 5.32. The van der Waals surface area contributed by atoms with Crippen molar-refractivity contribution >= 4 is 27.9 Å². The summed E-state index contributed by atoms with van der Waals surface area (Å²) in [7, 11) is -4.37. The van der Waals surface area contributed by atoms with Crippen LogP contribution in [0.15, 0.2) is 21.6 Å². The summed E-state index contributed by atoms with van der Waals surface area (Å²) in [6.45, 7) is 10.5. The Morgan fingerprint density at radius 3 is 2.33 bits per heavy atom. The van der Waals surface area contributed by atoms with Gasteiger partial charge in [-0.05, 0) is 30.9 Å². The molecule has 0 aliphatic heterocycles. The third-order valence-electron chi connectivity index (χ3n) is 4.11. The van der Waals surface area contributed by atoms with Gasteiger partial charge in [-0.25, -0.2) is 9.52 Å². The quantitative estimate of drug-likeness (QED) is 0.500. The molecule has 0 saturated carbocycles. The Morgan fingerprint density at radius 2 is 1.83 bits per heavy atom. The van der Waals surface area contributed by atoms with Gasteiger partial charge in [0, 0.05) is 13.1 Å². The fourth-order valence-corrected chi connectivity index (χ4v) is 3.69. The molecule has 0 radical (unpaired) electrons. The Balaban J connectivity index is 2.98. The average molecular weight is 445 g/mol. The van der Waals surface area contributed by atoms with Crippen molar-refractivity contribution in [2.75, 3.05) is 13.1 Å². The van der Waals surface area contributed by atoms with E-state index in [2.05, 4.69) is 5.32 Å². The maximum absolute atomic E-state index is 12.7. The van der Waals surface area contributed by atoms with E-state index in [0.29, 0.717) is 19.5 Å². The molecule has 4 N–H and O–H groups in total. The first-order valence-corrected chi connectivity index (χ1v) is 11.3. The molecule has 0 spiro atoms. The molecule has 0 aliphatic rings. The van der Waals surface area contributed by atoms with E-state index in [1.807, 2.05) is 39.3 Å². The van der Waals surface area contributed by atoms with Gasteiger partial charge in [-0.15, -0.1) is 0 Å². The van der Waals surface area contributed by atoms with E-state index in [0.717, 1.165) is 12.5 Å². The number of furan rings is 1. The minimum atomic E-state index is -4.37. The summed E-state index contributed by atoms with van der Waals surface area (Å²) in [6, 6.07) is 0.322. The number of amides is 4. The van der Waals surface area contributed by atoms with E-state index in [1.54, 1.807) is 4.90 Å². The van der Waals surface area contributed by atoms with Crippen LogP contribution in [0.3, 0.4) is 0 Å². The van der Waals surface area contributed by atoms with Crippen molar-refractivity contribution in [2.45, 2.75) is 65.0 Å². The minimum absolute atomic E-state index is 0.147. The molecular formula is C19H32N4O6S. The molecule has 1 aromatic heterocycles. The van der Waals surface area contributed by atoms with Gasteiger partial charge in [-0.1, -0.05) is 40.5 Å². The highest BCUT2D eigenvalue weighted by Crippen LogP contribution is 2.20. The van der Waals surface area contributed by atoms with Crippen molar-refractivity contribution in [2.24, 2.45) is 11.1 Å². The van der Waals surface area contributed by atoms with Crippen LogP contribution in [0.1, 0.15) is 64.4 Å². The predicted molar refractivity (Wildman–Crippen MR) is 111 cm³/mol. The number of nitrogens with two attached hydrogens (primary N) is 1. The van der Waals surface area contributed by atoms with E-state index in [9.17, 15) is 22.8 Å². The smallest absolute Gasteiger partial charge is 0.312 e. The van der Waals surface area contributed by atoms with Crippen LogP contribution >= 0.6 is 0 Å². The number of primary amides is 1. The number of carbonyl (C=O) groups excluding carboxylic acids is 3. The Morgan fingerprint density at radius 1 is 1.20 bits per heavy atom. The minimum Gasteiger partial charge on any atom is -0.438 e. The fourth-order valence-electron chi connectivity index (χ4n) is 2.74. The van der Waals surface area contributed by atoms with Gasteiger partial charge < -0.3 is 20.4 Å². The number of nitrogens with one attached hydrogen (secondary N) is 2. The largest absolute Gasteiger partial charge is 0.438 e. The number of hydrogen-bond donors (Lipinski definition) is 3. The molecule has 10 nitrogen and oxygen atoms in total. The van der Waals surface area contributed by atoms with E-state index < -0.39 is 39.0 Å². The van der Waals surface area contributed by atoms with Crippen LogP contribution in [0.4, 0.5) is 4.79 Å². The molecule has 1 unspecified atom stereocenters. The van der Waals surface area contributed by atoms with Gasteiger partial charge in [0.25, 0.3) is 21.8 Å². The van der Waals surface area contributed by atoms with Crippen LogP contribution < -0.4 is 15.8 Å². The van der Waals surface area contributed by atoms with Gasteiger partial charge in [0.15, 0.2) is 5.76 Å². The van der Waals surface area contributed by atoms with Crippen LogP contribution in [0.2, 0.25) is 0 Å². The van der Waals surface area contributed by atoms with Crippen LogP contribution in [0.5, 0.6) is 0 Å². The van der Waals surface area contributed by atoms with E-state index in [4.69, 9.17) is 10.2 Å². The zero-order valence-corrected chi connectivity index (χ0v) is 19.0. The normalized spacial score (nSPS) is 12.8. The molecule has 0 saturated heterocycles. The SMILES string of the molecule is CCCCC(NC(N)=O)C(=O)NS(=O)(=O)c1ccc(C(=O)N(CC)CC(C)(C)C)o1. The first-order chi connectivity index (χ1) is 13.8. The van der Waals surface area contributed by atoms with Crippen LogP contribution in [0, 0.1) is 5.41 Å². The molecule has 1 aromatic rings. The van der Waals surface area contributed by atoms with Crippen LogP contribution in [0.25, 0.3) is 0 Å². The summed E-state index contributed by atoms with van der Waals surface area (Å²) < 4.78 is 32.1.